The van der Waals surface area contributed by atoms with Gasteiger partial charge < -0.3 is 15.4 Å². The second-order valence-corrected chi connectivity index (χ2v) is 3.98. The second kappa shape index (κ2) is 5.98. The molecule has 0 aromatic rings. The van der Waals surface area contributed by atoms with Crippen LogP contribution in [0.15, 0.2) is 0 Å². The number of hydrogen-bond acceptors (Lipinski definition) is 4. The molecule has 0 spiro atoms. The van der Waals surface area contributed by atoms with Crippen LogP contribution in [0.2, 0.25) is 0 Å². The van der Waals surface area contributed by atoms with Crippen LogP contribution in [0, 0.1) is 5.92 Å². The Balaban J connectivity index is 4.43. The minimum absolute atomic E-state index is 0.0223. The summed E-state index contributed by atoms with van der Waals surface area (Å²) in [5, 5.41) is 0. The Labute approximate surface area is 86.4 Å². The zero-order chi connectivity index (χ0) is 11.3. The van der Waals surface area contributed by atoms with Crippen molar-refractivity contribution in [1.29, 1.82) is 0 Å². The molecular formula is C10H22N2O2. The number of nitrogens with two attached hydrogens (primary N) is 1. The van der Waals surface area contributed by atoms with Gasteiger partial charge in [-0.3, -0.25) is 4.79 Å². The number of carbonyl (C=O) groups is 1. The average molecular weight is 202 g/mol. The molecule has 0 saturated carbocycles. The van der Waals surface area contributed by atoms with Gasteiger partial charge in [0.05, 0.1) is 6.61 Å². The van der Waals surface area contributed by atoms with Crippen molar-refractivity contribution in [3.63, 3.8) is 0 Å². The van der Waals surface area contributed by atoms with E-state index in [0.717, 1.165) is 0 Å². The molecule has 0 aliphatic heterocycles. The van der Waals surface area contributed by atoms with E-state index in [4.69, 9.17) is 10.5 Å². The Morgan fingerprint density at radius 1 is 1.43 bits per heavy atom. The van der Waals surface area contributed by atoms with Crippen molar-refractivity contribution in [2.45, 2.75) is 32.9 Å². The highest BCUT2D eigenvalue weighted by Crippen LogP contribution is 2.11. The van der Waals surface area contributed by atoms with Crippen LogP contribution in [-0.2, 0) is 9.53 Å². The summed E-state index contributed by atoms with van der Waals surface area (Å²) in [4.78, 5) is 13.4. The Morgan fingerprint density at radius 3 is 2.21 bits per heavy atom. The highest BCUT2D eigenvalue weighted by molar-refractivity contribution is 5.76. The molecule has 14 heavy (non-hydrogen) atoms. The number of likely N-dealkylation sites (N-methyl/N-ethyl adjacent to an activating group) is 1. The summed E-state index contributed by atoms with van der Waals surface area (Å²) in [5.41, 5.74) is 5.83. The number of ether oxygens (including phenoxy) is 1. The van der Waals surface area contributed by atoms with E-state index in [0.29, 0.717) is 12.5 Å². The summed E-state index contributed by atoms with van der Waals surface area (Å²) in [7, 11) is 3.84. The van der Waals surface area contributed by atoms with E-state index >= 15 is 0 Å². The summed E-state index contributed by atoms with van der Waals surface area (Å²) in [5.74, 6) is 0.00399. The van der Waals surface area contributed by atoms with E-state index < -0.39 is 6.04 Å². The first kappa shape index (κ1) is 13.4. The van der Waals surface area contributed by atoms with E-state index in [1.165, 1.54) is 0 Å². The van der Waals surface area contributed by atoms with Gasteiger partial charge in [-0.2, -0.15) is 0 Å². The van der Waals surface area contributed by atoms with Gasteiger partial charge in [0.2, 0.25) is 0 Å². The molecule has 2 N–H and O–H groups in total. The van der Waals surface area contributed by atoms with Gasteiger partial charge in [0, 0.05) is 6.04 Å². The molecule has 0 fully saturated rings. The van der Waals surface area contributed by atoms with Crippen molar-refractivity contribution >= 4 is 5.97 Å². The molecule has 0 rings (SSSR count). The van der Waals surface area contributed by atoms with Crippen LogP contribution in [0.1, 0.15) is 20.8 Å². The molecule has 0 aliphatic carbocycles. The predicted molar refractivity (Wildman–Crippen MR) is 56.9 cm³/mol. The maximum atomic E-state index is 11.4. The molecule has 0 radical (unpaired) electrons. The van der Waals surface area contributed by atoms with Gasteiger partial charge in [0.1, 0.15) is 6.04 Å². The third kappa shape index (κ3) is 3.64. The first-order valence-corrected chi connectivity index (χ1v) is 5.00. The van der Waals surface area contributed by atoms with E-state index in [9.17, 15) is 4.79 Å². The average Bonchev–Trinajstić information content (AvgIpc) is 2.03. The van der Waals surface area contributed by atoms with Gasteiger partial charge in [-0.05, 0) is 26.9 Å². The number of carbonyl (C=O) groups excluding carboxylic acids is 1. The van der Waals surface area contributed by atoms with Crippen LogP contribution in [0.3, 0.4) is 0 Å². The minimum atomic E-state index is -0.565. The SMILES string of the molecule is CCOC(=O)[C@@H](N)[C@H](C(C)C)N(C)C. The molecule has 4 nitrogen and oxygen atoms in total. The van der Waals surface area contributed by atoms with Crippen LogP contribution >= 0.6 is 0 Å². The molecule has 2 atom stereocenters. The Hall–Kier alpha value is -0.610. The monoisotopic (exact) mass is 202 g/mol. The van der Waals surface area contributed by atoms with Crippen molar-refractivity contribution in [1.82, 2.24) is 4.90 Å². The number of hydrogen-bond donors (Lipinski definition) is 1. The minimum Gasteiger partial charge on any atom is -0.465 e. The lowest BCUT2D eigenvalue weighted by Gasteiger charge is -2.31. The fourth-order valence-electron chi connectivity index (χ4n) is 1.71. The molecule has 0 aromatic carbocycles. The molecule has 4 heteroatoms. The number of rotatable bonds is 5. The van der Waals surface area contributed by atoms with Gasteiger partial charge in [-0.1, -0.05) is 13.8 Å². The first-order valence-electron chi connectivity index (χ1n) is 5.00. The van der Waals surface area contributed by atoms with E-state index in [1.807, 2.05) is 32.8 Å². The lowest BCUT2D eigenvalue weighted by Crippen LogP contribution is -2.52. The second-order valence-electron chi connectivity index (χ2n) is 3.98. The Kier molecular flexibility index (Phi) is 5.72. The smallest absolute Gasteiger partial charge is 0.324 e. The first-order chi connectivity index (χ1) is 6.41. The third-order valence-corrected chi connectivity index (χ3v) is 2.21. The summed E-state index contributed by atoms with van der Waals surface area (Å²) in [6.45, 7) is 6.25. The van der Waals surface area contributed by atoms with Crippen molar-refractivity contribution < 1.29 is 9.53 Å². The Bertz CT molecular complexity index is 173. The molecular weight excluding hydrogens is 180 g/mol. The zero-order valence-electron chi connectivity index (χ0n) is 9.78. The van der Waals surface area contributed by atoms with Crippen LogP contribution in [0.4, 0.5) is 0 Å². The van der Waals surface area contributed by atoms with Crippen LogP contribution in [0.5, 0.6) is 0 Å². The van der Waals surface area contributed by atoms with E-state index in [1.54, 1.807) is 6.92 Å². The van der Waals surface area contributed by atoms with Crippen molar-refractivity contribution in [2.24, 2.45) is 11.7 Å². The fourth-order valence-corrected chi connectivity index (χ4v) is 1.71. The number of esters is 1. The lowest BCUT2D eigenvalue weighted by molar-refractivity contribution is -0.146. The normalized spacial score (nSPS) is 15.7. The summed E-state index contributed by atoms with van der Waals surface area (Å²) in [6, 6.07) is -0.543. The van der Waals surface area contributed by atoms with Gasteiger partial charge in [0.25, 0.3) is 0 Å². The van der Waals surface area contributed by atoms with Gasteiger partial charge >= 0.3 is 5.97 Å². The Morgan fingerprint density at radius 2 is 1.93 bits per heavy atom. The molecule has 0 aromatic heterocycles. The largest absolute Gasteiger partial charge is 0.465 e. The summed E-state index contributed by atoms with van der Waals surface area (Å²) >= 11 is 0. The molecule has 0 aliphatic rings. The fraction of sp³-hybridized carbons (Fsp3) is 0.900. The standard InChI is InChI=1S/C10H22N2O2/c1-6-14-10(13)8(11)9(7(2)3)12(4)5/h7-9H,6,11H2,1-5H3/t8-,9-/m0/s1. The van der Waals surface area contributed by atoms with Crippen molar-refractivity contribution in [2.75, 3.05) is 20.7 Å². The highest BCUT2D eigenvalue weighted by Gasteiger charge is 2.29. The van der Waals surface area contributed by atoms with Gasteiger partial charge in [-0.25, -0.2) is 0 Å². The molecule has 84 valence electrons. The zero-order valence-corrected chi connectivity index (χ0v) is 9.78. The molecule has 0 bridgehead atoms. The predicted octanol–water partition coefficient (Wildman–Crippen LogP) is 0.463. The molecule has 0 unspecified atom stereocenters. The van der Waals surface area contributed by atoms with E-state index in [2.05, 4.69) is 0 Å². The van der Waals surface area contributed by atoms with Crippen molar-refractivity contribution in [3.05, 3.63) is 0 Å². The summed E-state index contributed by atoms with van der Waals surface area (Å²) in [6.07, 6.45) is 0. The van der Waals surface area contributed by atoms with Crippen LogP contribution in [0.25, 0.3) is 0 Å². The highest BCUT2D eigenvalue weighted by atomic mass is 16.5. The van der Waals surface area contributed by atoms with Gasteiger partial charge in [-0.15, -0.1) is 0 Å². The van der Waals surface area contributed by atoms with Gasteiger partial charge in [0.15, 0.2) is 0 Å². The molecule has 0 amide bonds. The third-order valence-electron chi connectivity index (χ3n) is 2.21. The van der Waals surface area contributed by atoms with E-state index in [-0.39, 0.29) is 12.0 Å². The number of nitrogens with zero attached hydrogens (tertiary/aromatic N) is 1. The van der Waals surface area contributed by atoms with Crippen molar-refractivity contribution in [3.8, 4) is 0 Å². The quantitative estimate of drug-likeness (QED) is 0.658. The lowest BCUT2D eigenvalue weighted by atomic mass is 9.96. The molecule has 0 heterocycles. The maximum Gasteiger partial charge on any atom is 0.324 e. The maximum absolute atomic E-state index is 11.4. The summed E-state index contributed by atoms with van der Waals surface area (Å²) < 4.78 is 4.89. The van der Waals surface area contributed by atoms with Crippen LogP contribution in [-0.4, -0.2) is 43.7 Å². The van der Waals surface area contributed by atoms with Crippen LogP contribution < -0.4 is 5.73 Å². The molecule has 0 saturated heterocycles. The topological polar surface area (TPSA) is 55.6 Å².